The summed E-state index contributed by atoms with van der Waals surface area (Å²) in [6.45, 7) is 0.368. The van der Waals surface area contributed by atoms with E-state index in [2.05, 4.69) is 5.32 Å². The van der Waals surface area contributed by atoms with Gasteiger partial charge in [0.1, 0.15) is 5.75 Å². The second kappa shape index (κ2) is 12.0. The number of hydrogen-bond donors (Lipinski definition) is 2. The van der Waals surface area contributed by atoms with E-state index in [0.717, 1.165) is 11.3 Å². The molecule has 0 saturated carbocycles. The number of carbonyl (C=O) groups excluding carboxylic acids is 2. The highest BCUT2D eigenvalue weighted by Crippen LogP contribution is 2.13. The molecule has 1 rings (SSSR count). The van der Waals surface area contributed by atoms with Crippen molar-refractivity contribution in [1.29, 1.82) is 0 Å². The first-order valence-electron chi connectivity index (χ1n) is 7.38. The summed E-state index contributed by atoms with van der Waals surface area (Å²) in [5, 5.41) is 2.81. The van der Waals surface area contributed by atoms with Crippen molar-refractivity contribution in [3.05, 3.63) is 29.8 Å². The van der Waals surface area contributed by atoms with Crippen molar-refractivity contribution in [3.8, 4) is 5.75 Å². The number of nitrogens with zero attached hydrogens (tertiary/aromatic N) is 1. The first-order valence-corrected chi connectivity index (χ1v) is 8.77. The Bertz CT molecular complexity index is 529. The molecule has 136 valence electrons. The fourth-order valence-electron chi connectivity index (χ4n) is 1.72. The third kappa shape index (κ3) is 8.42. The molecule has 0 fully saturated rings. The Kier molecular flexibility index (Phi) is 11.3. The zero-order valence-electron chi connectivity index (χ0n) is 14.3. The highest BCUT2D eigenvalue weighted by atomic mass is 35.5. The Labute approximate surface area is 153 Å². The number of ether oxygens (including phenoxy) is 1. The molecule has 0 aromatic heterocycles. The molecule has 24 heavy (non-hydrogen) atoms. The number of amides is 2. The predicted octanol–water partition coefficient (Wildman–Crippen LogP) is 1.27. The Hall–Kier alpha value is -1.44. The van der Waals surface area contributed by atoms with Crippen LogP contribution in [-0.2, 0) is 16.1 Å². The van der Waals surface area contributed by atoms with Crippen LogP contribution >= 0.6 is 24.2 Å². The van der Waals surface area contributed by atoms with E-state index in [1.54, 1.807) is 38.0 Å². The Morgan fingerprint density at radius 1 is 1.38 bits per heavy atom. The van der Waals surface area contributed by atoms with Gasteiger partial charge in [-0.15, -0.1) is 12.4 Å². The van der Waals surface area contributed by atoms with Gasteiger partial charge in [0.15, 0.2) is 6.61 Å². The van der Waals surface area contributed by atoms with Crippen LogP contribution < -0.4 is 15.8 Å². The molecule has 2 amide bonds. The highest BCUT2D eigenvalue weighted by Gasteiger charge is 2.12. The maximum atomic E-state index is 11.9. The van der Waals surface area contributed by atoms with Gasteiger partial charge in [-0.05, 0) is 36.1 Å². The zero-order chi connectivity index (χ0) is 17.2. The van der Waals surface area contributed by atoms with Crippen molar-refractivity contribution in [3.63, 3.8) is 0 Å². The van der Waals surface area contributed by atoms with E-state index in [0.29, 0.717) is 18.7 Å². The van der Waals surface area contributed by atoms with Gasteiger partial charge in [0.05, 0.1) is 6.04 Å². The Morgan fingerprint density at radius 2 is 2.08 bits per heavy atom. The van der Waals surface area contributed by atoms with Gasteiger partial charge >= 0.3 is 0 Å². The smallest absolute Gasteiger partial charge is 0.259 e. The number of likely N-dealkylation sites (N-methyl/N-ethyl adjacent to an activating group) is 1. The summed E-state index contributed by atoms with van der Waals surface area (Å²) in [7, 11) is 3.36. The Morgan fingerprint density at radius 3 is 2.71 bits per heavy atom. The van der Waals surface area contributed by atoms with Crippen molar-refractivity contribution in [2.24, 2.45) is 5.73 Å². The van der Waals surface area contributed by atoms with Crippen molar-refractivity contribution in [2.75, 3.05) is 32.7 Å². The quantitative estimate of drug-likeness (QED) is 0.679. The van der Waals surface area contributed by atoms with Gasteiger partial charge < -0.3 is 20.7 Å². The highest BCUT2D eigenvalue weighted by molar-refractivity contribution is 7.98. The number of nitrogens with two attached hydrogens (primary N) is 1. The molecule has 1 atom stereocenters. The van der Waals surface area contributed by atoms with E-state index in [1.165, 1.54) is 4.90 Å². The lowest BCUT2D eigenvalue weighted by Crippen LogP contribution is -2.40. The lowest BCUT2D eigenvalue weighted by molar-refractivity contribution is -0.130. The van der Waals surface area contributed by atoms with Crippen LogP contribution in [-0.4, -0.2) is 55.5 Å². The molecular weight excluding hydrogens is 350 g/mol. The average Bonchev–Trinajstić information content (AvgIpc) is 2.55. The van der Waals surface area contributed by atoms with Gasteiger partial charge in [-0.3, -0.25) is 9.59 Å². The SMILES string of the molecule is CSCC[C@H](N)C(=O)NCc1cccc(OCC(=O)N(C)C)c1.Cl. The van der Waals surface area contributed by atoms with Gasteiger partial charge in [-0.1, -0.05) is 12.1 Å². The number of thioether (sulfide) groups is 1. The van der Waals surface area contributed by atoms with Crippen LogP contribution in [0.15, 0.2) is 24.3 Å². The molecule has 0 bridgehead atoms. The van der Waals surface area contributed by atoms with Crippen LogP contribution in [0.25, 0.3) is 0 Å². The molecule has 0 unspecified atom stereocenters. The lowest BCUT2D eigenvalue weighted by atomic mass is 10.2. The summed E-state index contributed by atoms with van der Waals surface area (Å²) >= 11 is 1.67. The zero-order valence-corrected chi connectivity index (χ0v) is 15.9. The van der Waals surface area contributed by atoms with Crippen LogP contribution in [0.5, 0.6) is 5.75 Å². The minimum atomic E-state index is -0.486. The van der Waals surface area contributed by atoms with Gasteiger partial charge in [0.25, 0.3) is 5.91 Å². The van der Waals surface area contributed by atoms with Crippen LogP contribution in [0.4, 0.5) is 0 Å². The maximum absolute atomic E-state index is 11.9. The lowest BCUT2D eigenvalue weighted by Gasteiger charge is -2.13. The summed E-state index contributed by atoms with van der Waals surface area (Å²) < 4.78 is 5.45. The molecule has 0 aliphatic carbocycles. The summed E-state index contributed by atoms with van der Waals surface area (Å²) in [4.78, 5) is 24.8. The van der Waals surface area contributed by atoms with Crippen molar-refractivity contribution < 1.29 is 14.3 Å². The summed E-state index contributed by atoms with van der Waals surface area (Å²) in [5.41, 5.74) is 6.71. The molecule has 0 aliphatic rings. The molecule has 0 heterocycles. The van der Waals surface area contributed by atoms with E-state index >= 15 is 0 Å². The van der Waals surface area contributed by atoms with Crippen LogP contribution in [0.1, 0.15) is 12.0 Å². The molecule has 0 aliphatic heterocycles. The number of halogens is 1. The first-order chi connectivity index (χ1) is 10.9. The number of rotatable bonds is 9. The normalized spacial score (nSPS) is 11.2. The van der Waals surface area contributed by atoms with Gasteiger partial charge in [0.2, 0.25) is 5.91 Å². The van der Waals surface area contributed by atoms with Crippen LogP contribution in [0, 0.1) is 0 Å². The molecule has 1 aromatic rings. The standard InChI is InChI=1S/C16H25N3O3S.ClH/c1-19(2)15(20)11-22-13-6-4-5-12(9-13)10-18-16(21)14(17)7-8-23-3;/h4-6,9,14H,7-8,10-11,17H2,1-3H3,(H,18,21);1H/t14-;/m0./s1. The second-order valence-corrected chi connectivity index (χ2v) is 6.32. The minimum Gasteiger partial charge on any atom is -0.484 e. The molecule has 0 radical (unpaired) electrons. The number of nitrogens with one attached hydrogen (secondary N) is 1. The van der Waals surface area contributed by atoms with Gasteiger partial charge in [-0.2, -0.15) is 11.8 Å². The topological polar surface area (TPSA) is 84.7 Å². The van der Waals surface area contributed by atoms with Crippen LogP contribution in [0.3, 0.4) is 0 Å². The van der Waals surface area contributed by atoms with Gasteiger partial charge in [-0.25, -0.2) is 0 Å². The monoisotopic (exact) mass is 375 g/mol. The minimum absolute atomic E-state index is 0. The van der Waals surface area contributed by atoms with E-state index in [1.807, 2.05) is 18.4 Å². The van der Waals surface area contributed by atoms with Crippen molar-refractivity contribution in [1.82, 2.24) is 10.2 Å². The first kappa shape index (κ1) is 22.6. The van der Waals surface area contributed by atoms with E-state index in [-0.39, 0.29) is 30.8 Å². The maximum Gasteiger partial charge on any atom is 0.259 e. The molecule has 1 aromatic carbocycles. The van der Waals surface area contributed by atoms with E-state index in [4.69, 9.17) is 10.5 Å². The summed E-state index contributed by atoms with van der Waals surface area (Å²) in [6, 6.07) is 6.80. The molecule has 8 heteroatoms. The third-order valence-electron chi connectivity index (χ3n) is 3.20. The second-order valence-electron chi connectivity index (χ2n) is 5.33. The fourth-order valence-corrected chi connectivity index (χ4v) is 2.21. The largest absolute Gasteiger partial charge is 0.484 e. The number of hydrogen-bond acceptors (Lipinski definition) is 5. The molecule has 0 saturated heterocycles. The average molecular weight is 376 g/mol. The molecule has 3 N–H and O–H groups in total. The fraction of sp³-hybridized carbons (Fsp3) is 0.500. The summed E-state index contributed by atoms with van der Waals surface area (Å²) in [5.74, 6) is 1.19. The van der Waals surface area contributed by atoms with Gasteiger partial charge in [0, 0.05) is 20.6 Å². The van der Waals surface area contributed by atoms with Crippen molar-refractivity contribution in [2.45, 2.75) is 19.0 Å². The predicted molar refractivity (Wildman–Crippen MR) is 101 cm³/mol. The third-order valence-corrected chi connectivity index (χ3v) is 3.84. The van der Waals surface area contributed by atoms with Crippen LogP contribution in [0.2, 0.25) is 0 Å². The van der Waals surface area contributed by atoms with E-state index in [9.17, 15) is 9.59 Å². The van der Waals surface area contributed by atoms with E-state index < -0.39 is 6.04 Å². The molecule has 6 nitrogen and oxygen atoms in total. The molecule has 0 spiro atoms. The summed E-state index contributed by atoms with van der Waals surface area (Å²) in [6.07, 6.45) is 2.64. The Balaban J connectivity index is 0.00000529. The van der Waals surface area contributed by atoms with Crippen molar-refractivity contribution >= 4 is 36.0 Å². The molecular formula is C16H26ClN3O3S. The number of carbonyl (C=O) groups is 2. The number of benzene rings is 1.